The summed E-state index contributed by atoms with van der Waals surface area (Å²) in [6.07, 6.45) is -4.54. The number of hydrogen-bond donors (Lipinski definition) is 1. The highest BCUT2D eigenvalue weighted by Gasteiger charge is 2.32. The minimum absolute atomic E-state index is 0.0218. The van der Waals surface area contributed by atoms with Crippen LogP contribution in [0.15, 0.2) is 42.5 Å². The summed E-state index contributed by atoms with van der Waals surface area (Å²) in [6, 6.07) is 8.61. The van der Waals surface area contributed by atoms with E-state index in [0.717, 1.165) is 12.1 Å². The minimum Gasteiger partial charge on any atom is -0.495 e. The number of rotatable bonds is 5. The van der Waals surface area contributed by atoms with Crippen LogP contribution in [0.5, 0.6) is 11.6 Å². The Kier molecular flexibility index (Phi) is 5.58. The Morgan fingerprint density at radius 1 is 1.10 bits per heavy atom. The molecule has 0 aliphatic heterocycles. The molecule has 1 amide bonds. The average Bonchev–Trinajstić information content (AvgIpc) is 2.69. The zero-order valence-electron chi connectivity index (χ0n) is 15.4. The number of amides is 1. The molecule has 5 nitrogen and oxygen atoms in total. The number of ether oxygens (including phenoxy) is 2. The lowest BCUT2D eigenvalue weighted by molar-refractivity contribution is -0.137. The van der Waals surface area contributed by atoms with E-state index in [1.807, 2.05) is 0 Å². The molecule has 2 aromatic carbocycles. The van der Waals surface area contributed by atoms with E-state index in [0.29, 0.717) is 5.56 Å². The molecule has 0 atom stereocenters. The summed E-state index contributed by atoms with van der Waals surface area (Å²) >= 11 is 0. The van der Waals surface area contributed by atoms with Crippen molar-refractivity contribution in [2.24, 2.45) is 0 Å². The van der Waals surface area contributed by atoms with Crippen LogP contribution >= 0.6 is 0 Å². The highest BCUT2D eigenvalue weighted by molar-refractivity contribution is 6.05. The van der Waals surface area contributed by atoms with Gasteiger partial charge < -0.3 is 14.8 Å². The fraction of sp³-hybridized carbons (Fsp3) is 0.200. The Morgan fingerprint density at radius 3 is 2.48 bits per heavy atom. The van der Waals surface area contributed by atoms with Gasteiger partial charge >= 0.3 is 6.18 Å². The Hall–Kier alpha value is -3.36. The topological polar surface area (TPSA) is 60.5 Å². The monoisotopic (exact) mass is 408 g/mol. The summed E-state index contributed by atoms with van der Waals surface area (Å²) in [5.41, 5.74) is -0.460. The highest BCUT2D eigenvalue weighted by Crippen LogP contribution is 2.37. The molecule has 3 aromatic rings. The lowest BCUT2D eigenvalue weighted by Gasteiger charge is -2.16. The molecule has 9 heteroatoms. The van der Waals surface area contributed by atoms with Crippen LogP contribution < -0.4 is 14.8 Å². The van der Waals surface area contributed by atoms with Crippen molar-refractivity contribution in [3.8, 4) is 11.6 Å². The third-order valence-corrected chi connectivity index (χ3v) is 4.20. The molecule has 1 N–H and O–H groups in total. The smallest absolute Gasteiger partial charge is 0.416 e. The van der Waals surface area contributed by atoms with Crippen LogP contribution in [0.3, 0.4) is 0 Å². The van der Waals surface area contributed by atoms with Gasteiger partial charge in [0.2, 0.25) is 5.88 Å². The van der Waals surface area contributed by atoms with E-state index >= 15 is 0 Å². The molecule has 0 radical (unpaired) electrons. The quantitative estimate of drug-likeness (QED) is 0.638. The maximum Gasteiger partial charge on any atom is 0.416 e. The molecule has 3 rings (SSSR count). The van der Waals surface area contributed by atoms with Gasteiger partial charge in [0, 0.05) is 11.9 Å². The van der Waals surface area contributed by atoms with Gasteiger partial charge in [-0.15, -0.1) is 0 Å². The highest BCUT2D eigenvalue weighted by atomic mass is 19.4. The molecule has 29 heavy (non-hydrogen) atoms. The van der Waals surface area contributed by atoms with Gasteiger partial charge in [-0.25, -0.2) is 9.37 Å². The van der Waals surface area contributed by atoms with Crippen molar-refractivity contribution in [1.29, 1.82) is 0 Å². The average molecular weight is 408 g/mol. The van der Waals surface area contributed by atoms with Crippen molar-refractivity contribution in [2.45, 2.75) is 12.7 Å². The molecule has 1 heterocycles. The Labute approximate surface area is 163 Å². The van der Waals surface area contributed by atoms with Crippen LogP contribution in [0.25, 0.3) is 10.9 Å². The number of fused-ring (bicyclic) bond motifs is 1. The standard InChI is InChI=1S/C20H16F4N2O3/c1-28-17-14-7-6-12(20(22,23)24)9-15(14)26-19(29-2)16(17)18(27)25-10-11-4-3-5-13(21)8-11/h3-9H,10H2,1-2H3,(H,25,27). The molecule has 152 valence electrons. The van der Waals surface area contributed by atoms with E-state index in [4.69, 9.17) is 9.47 Å². The van der Waals surface area contributed by atoms with Crippen molar-refractivity contribution in [2.75, 3.05) is 14.2 Å². The molecule has 0 unspecified atom stereocenters. The summed E-state index contributed by atoms with van der Waals surface area (Å²) in [5, 5.41) is 2.83. The maximum absolute atomic E-state index is 13.3. The Bertz CT molecular complexity index is 1070. The van der Waals surface area contributed by atoms with Gasteiger partial charge in [-0.05, 0) is 35.9 Å². The number of aromatic nitrogens is 1. The third-order valence-electron chi connectivity index (χ3n) is 4.20. The number of benzene rings is 2. The largest absolute Gasteiger partial charge is 0.495 e. The SMILES string of the molecule is COc1nc2cc(C(F)(F)F)ccc2c(OC)c1C(=O)NCc1cccc(F)c1. The number of carbonyl (C=O) groups is 1. The number of methoxy groups -OCH3 is 2. The van der Waals surface area contributed by atoms with Gasteiger partial charge in [-0.3, -0.25) is 4.79 Å². The molecule has 0 bridgehead atoms. The van der Waals surface area contributed by atoms with Crippen LogP contribution in [0.1, 0.15) is 21.5 Å². The van der Waals surface area contributed by atoms with Gasteiger partial charge in [0.15, 0.2) is 0 Å². The molecule has 0 spiro atoms. The molecular formula is C20H16F4N2O3. The van der Waals surface area contributed by atoms with Crippen molar-refractivity contribution in [3.63, 3.8) is 0 Å². The van der Waals surface area contributed by atoms with Gasteiger partial charge in [-0.2, -0.15) is 13.2 Å². The zero-order chi connectivity index (χ0) is 21.2. The second kappa shape index (κ2) is 7.94. The van der Waals surface area contributed by atoms with Crippen LogP contribution in [-0.4, -0.2) is 25.1 Å². The molecule has 0 saturated carbocycles. The molecule has 0 aliphatic rings. The van der Waals surface area contributed by atoms with Crippen LogP contribution in [-0.2, 0) is 12.7 Å². The predicted octanol–water partition coefficient (Wildman–Crippen LogP) is 4.34. The molecule has 0 aliphatic carbocycles. The van der Waals surface area contributed by atoms with E-state index in [1.165, 1.54) is 38.5 Å². The van der Waals surface area contributed by atoms with E-state index < -0.39 is 23.5 Å². The number of carbonyl (C=O) groups excluding carboxylic acids is 1. The summed E-state index contributed by atoms with van der Waals surface area (Å²) in [4.78, 5) is 16.8. The van der Waals surface area contributed by atoms with E-state index in [-0.39, 0.29) is 34.6 Å². The van der Waals surface area contributed by atoms with E-state index in [9.17, 15) is 22.4 Å². The summed E-state index contributed by atoms with van der Waals surface area (Å²) in [5.74, 6) is -1.24. The van der Waals surface area contributed by atoms with Gasteiger partial charge in [0.1, 0.15) is 17.1 Å². The fourth-order valence-corrected chi connectivity index (χ4v) is 2.87. The minimum atomic E-state index is -4.54. The second-order valence-electron chi connectivity index (χ2n) is 6.07. The Balaban J connectivity index is 2.02. The zero-order valence-corrected chi connectivity index (χ0v) is 15.4. The van der Waals surface area contributed by atoms with Crippen molar-refractivity contribution >= 4 is 16.8 Å². The number of hydrogen-bond acceptors (Lipinski definition) is 4. The van der Waals surface area contributed by atoms with Crippen molar-refractivity contribution in [1.82, 2.24) is 10.3 Å². The van der Waals surface area contributed by atoms with E-state index in [1.54, 1.807) is 6.07 Å². The Morgan fingerprint density at radius 2 is 1.86 bits per heavy atom. The molecule has 1 aromatic heterocycles. The van der Waals surface area contributed by atoms with Gasteiger partial charge in [0.05, 0.1) is 25.3 Å². The number of halogens is 4. The van der Waals surface area contributed by atoms with Gasteiger partial charge in [0.25, 0.3) is 5.91 Å². The van der Waals surface area contributed by atoms with E-state index in [2.05, 4.69) is 10.3 Å². The number of pyridine rings is 1. The van der Waals surface area contributed by atoms with Crippen molar-refractivity contribution < 1.29 is 31.8 Å². The molecule has 0 saturated heterocycles. The maximum atomic E-state index is 13.3. The summed E-state index contributed by atoms with van der Waals surface area (Å²) < 4.78 is 62.7. The lowest BCUT2D eigenvalue weighted by atomic mass is 10.1. The lowest BCUT2D eigenvalue weighted by Crippen LogP contribution is -2.24. The summed E-state index contributed by atoms with van der Waals surface area (Å²) in [7, 11) is 2.53. The van der Waals surface area contributed by atoms with Gasteiger partial charge in [-0.1, -0.05) is 12.1 Å². The first-order valence-corrected chi connectivity index (χ1v) is 8.40. The first-order chi connectivity index (χ1) is 13.7. The first-order valence-electron chi connectivity index (χ1n) is 8.40. The first kappa shape index (κ1) is 20.4. The number of nitrogens with one attached hydrogen (secondary N) is 1. The predicted molar refractivity (Wildman–Crippen MR) is 97.4 cm³/mol. The van der Waals surface area contributed by atoms with Crippen LogP contribution in [0, 0.1) is 5.82 Å². The third kappa shape index (κ3) is 4.23. The molecule has 0 fully saturated rings. The second-order valence-corrected chi connectivity index (χ2v) is 6.07. The van der Waals surface area contributed by atoms with Crippen molar-refractivity contribution in [3.05, 3.63) is 65.0 Å². The van der Waals surface area contributed by atoms with Crippen LogP contribution in [0.2, 0.25) is 0 Å². The normalized spacial score (nSPS) is 11.4. The number of nitrogens with zero attached hydrogens (tertiary/aromatic N) is 1. The fourth-order valence-electron chi connectivity index (χ4n) is 2.87. The summed E-state index contributed by atoms with van der Waals surface area (Å²) in [6.45, 7) is 0.0218. The molecular weight excluding hydrogens is 392 g/mol. The number of alkyl halides is 3. The van der Waals surface area contributed by atoms with Crippen LogP contribution in [0.4, 0.5) is 17.6 Å².